The Balaban J connectivity index is 1.56. The standard InChI is InChI=1S/C14H21N3O2S/c1-19-6-5-16-4-2-3-14(9-16)10-17(13(14)18)8-12-7-15-11-20-12/h7,11H,2-6,8-10H2,1H3. The first kappa shape index (κ1) is 14.0. The molecule has 0 aliphatic carbocycles. The average Bonchev–Trinajstić information content (AvgIpc) is 2.98. The fourth-order valence-electron chi connectivity index (χ4n) is 3.33. The molecule has 2 fully saturated rings. The number of carbonyl (C=O) groups excluding carboxylic acids is 1. The Hall–Kier alpha value is -0.980. The van der Waals surface area contributed by atoms with Crippen molar-refractivity contribution in [2.75, 3.05) is 39.9 Å². The van der Waals surface area contributed by atoms with E-state index in [1.807, 2.05) is 16.6 Å². The predicted octanol–water partition coefficient (Wildman–Crippen LogP) is 1.21. The number of methoxy groups -OCH3 is 1. The van der Waals surface area contributed by atoms with E-state index in [0.717, 1.165) is 52.2 Å². The number of β-lactam (4-membered cyclic amide) rings is 1. The number of rotatable bonds is 5. The summed E-state index contributed by atoms with van der Waals surface area (Å²) in [6.07, 6.45) is 4.01. The summed E-state index contributed by atoms with van der Waals surface area (Å²) >= 11 is 1.62. The molecular weight excluding hydrogens is 274 g/mol. The van der Waals surface area contributed by atoms with E-state index in [9.17, 15) is 4.79 Å². The molecule has 1 amide bonds. The Morgan fingerprint density at radius 1 is 1.50 bits per heavy atom. The van der Waals surface area contributed by atoms with E-state index < -0.39 is 0 Å². The van der Waals surface area contributed by atoms with Crippen LogP contribution in [0.25, 0.3) is 0 Å². The van der Waals surface area contributed by atoms with Gasteiger partial charge in [-0.2, -0.15) is 0 Å². The number of likely N-dealkylation sites (tertiary alicyclic amines) is 2. The molecule has 6 heteroatoms. The minimum absolute atomic E-state index is 0.114. The van der Waals surface area contributed by atoms with E-state index in [0.29, 0.717) is 5.91 Å². The second kappa shape index (κ2) is 5.79. The molecule has 0 N–H and O–H groups in total. The molecule has 2 aliphatic rings. The first-order chi connectivity index (χ1) is 9.73. The highest BCUT2D eigenvalue weighted by Crippen LogP contribution is 2.41. The third-order valence-electron chi connectivity index (χ3n) is 4.33. The van der Waals surface area contributed by atoms with Crippen LogP contribution in [0.2, 0.25) is 0 Å². The maximum atomic E-state index is 12.5. The molecule has 1 spiro atoms. The second-order valence-electron chi connectivity index (χ2n) is 5.78. The van der Waals surface area contributed by atoms with Gasteiger partial charge in [-0.1, -0.05) is 0 Å². The van der Waals surface area contributed by atoms with Crippen molar-refractivity contribution < 1.29 is 9.53 Å². The number of thiazole rings is 1. The number of hydrogen-bond acceptors (Lipinski definition) is 5. The van der Waals surface area contributed by atoms with Gasteiger partial charge in [-0.3, -0.25) is 14.7 Å². The molecule has 0 bridgehead atoms. The minimum atomic E-state index is -0.114. The van der Waals surface area contributed by atoms with Crippen molar-refractivity contribution in [3.63, 3.8) is 0 Å². The van der Waals surface area contributed by atoms with Gasteiger partial charge in [-0.05, 0) is 19.4 Å². The highest BCUT2D eigenvalue weighted by molar-refractivity contribution is 7.09. The van der Waals surface area contributed by atoms with E-state index in [1.54, 1.807) is 18.4 Å². The van der Waals surface area contributed by atoms with Crippen LogP contribution in [0.4, 0.5) is 0 Å². The van der Waals surface area contributed by atoms with Crippen molar-refractivity contribution >= 4 is 17.2 Å². The number of amides is 1. The lowest BCUT2D eigenvalue weighted by atomic mass is 9.72. The van der Waals surface area contributed by atoms with E-state index in [1.165, 1.54) is 4.88 Å². The minimum Gasteiger partial charge on any atom is -0.383 e. The summed E-state index contributed by atoms with van der Waals surface area (Å²) in [5.41, 5.74) is 1.71. The first-order valence-corrected chi connectivity index (χ1v) is 7.99. The summed E-state index contributed by atoms with van der Waals surface area (Å²) in [4.78, 5) is 22.1. The maximum Gasteiger partial charge on any atom is 0.232 e. The zero-order chi connectivity index (χ0) is 14.0. The van der Waals surface area contributed by atoms with Gasteiger partial charge in [0.1, 0.15) is 0 Å². The van der Waals surface area contributed by atoms with Crippen LogP contribution < -0.4 is 0 Å². The summed E-state index contributed by atoms with van der Waals surface area (Å²) in [7, 11) is 1.73. The molecular formula is C14H21N3O2S. The second-order valence-corrected chi connectivity index (χ2v) is 6.75. The smallest absolute Gasteiger partial charge is 0.232 e. The van der Waals surface area contributed by atoms with Gasteiger partial charge < -0.3 is 9.64 Å². The van der Waals surface area contributed by atoms with Gasteiger partial charge >= 0.3 is 0 Å². The van der Waals surface area contributed by atoms with Crippen LogP contribution in [0.15, 0.2) is 11.7 Å². The molecule has 0 radical (unpaired) electrons. The Kier molecular flexibility index (Phi) is 4.05. The number of nitrogens with zero attached hydrogens (tertiary/aromatic N) is 3. The molecule has 110 valence electrons. The van der Waals surface area contributed by atoms with Gasteiger partial charge in [0, 0.05) is 37.8 Å². The van der Waals surface area contributed by atoms with E-state index in [-0.39, 0.29) is 5.41 Å². The quantitative estimate of drug-likeness (QED) is 0.766. The Labute approximate surface area is 123 Å². The van der Waals surface area contributed by atoms with E-state index >= 15 is 0 Å². The summed E-state index contributed by atoms with van der Waals surface area (Å²) in [6.45, 7) is 5.29. The molecule has 3 heterocycles. The summed E-state index contributed by atoms with van der Waals surface area (Å²) < 4.78 is 5.14. The Morgan fingerprint density at radius 3 is 3.10 bits per heavy atom. The largest absolute Gasteiger partial charge is 0.383 e. The van der Waals surface area contributed by atoms with Crippen LogP contribution in [0, 0.1) is 5.41 Å². The van der Waals surface area contributed by atoms with E-state index in [4.69, 9.17) is 4.74 Å². The lowest BCUT2D eigenvalue weighted by molar-refractivity contribution is -0.167. The number of carbonyl (C=O) groups is 1. The monoisotopic (exact) mass is 295 g/mol. The Morgan fingerprint density at radius 2 is 2.40 bits per heavy atom. The predicted molar refractivity (Wildman–Crippen MR) is 77.5 cm³/mol. The van der Waals surface area contributed by atoms with Gasteiger partial charge in [0.05, 0.1) is 24.1 Å². The molecule has 2 saturated heterocycles. The van der Waals surface area contributed by atoms with Crippen LogP contribution in [0.3, 0.4) is 0 Å². The summed E-state index contributed by atoms with van der Waals surface area (Å²) in [5, 5.41) is 0. The molecule has 1 aromatic rings. The lowest BCUT2D eigenvalue weighted by Crippen LogP contribution is -2.66. The van der Waals surface area contributed by atoms with Gasteiger partial charge in [0.15, 0.2) is 0 Å². The van der Waals surface area contributed by atoms with Crippen molar-refractivity contribution in [1.82, 2.24) is 14.8 Å². The van der Waals surface area contributed by atoms with Gasteiger partial charge in [-0.15, -0.1) is 11.3 Å². The Bertz CT molecular complexity index is 465. The van der Waals surface area contributed by atoms with Crippen molar-refractivity contribution in [2.45, 2.75) is 19.4 Å². The zero-order valence-corrected chi connectivity index (χ0v) is 12.7. The number of piperidine rings is 1. The molecule has 0 saturated carbocycles. The van der Waals surface area contributed by atoms with Crippen molar-refractivity contribution in [3.8, 4) is 0 Å². The molecule has 5 nitrogen and oxygen atoms in total. The molecule has 1 unspecified atom stereocenters. The van der Waals surface area contributed by atoms with Crippen LogP contribution in [-0.4, -0.2) is 60.6 Å². The number of hydrogen-bond donors (Lipinski definition) is 0. The third kappa shape index (κ3) is 2.60. The fraction of sp³-hybridized carbons (Fsp3) is 0.714. The highest BCUT2D eigenvalue weighted by atomic mass is 32.1. The summed E-state index contributed by atoms with van der Waals surface area (Å²) in [6, 6.07) is 0. The van der Waals surface area contributed by atoms with Gasteiger partial charge in [-0.25, -0.2) is 0 Å². The summed E-state index contributed by atoms with van der Waals surface area (Å²) in [5.74, 6) is 0.327. The van der Waals surface area contributed by atoms with Crippen LogP contribution in [-0.2, 0) is 16.1 Å². The lowest BCUT2D eigenvalue weighted by Gasteiger charge is -2.53. The normalized spacial score (nSPS) is 27.1. The topological polar surface area (TPSA) is 45.7 Å². The van der Waals surface area contributed by atoms with Crippen molar-refractivity contribution in [3.05, 3.63) is 16.6 Å². The fourth-order valence-corrected chi connectivity index (χ4v) is 3.94. The third-order valence-corrected chi connectivity index (χ3v) is 5.10. The average molecular weight is 295 g/mol. The highest BCUT2D eigenvalue weighted by Gasteiger charge is 2.53. The first-order valence-electron chi connectivity index (χ1n) is 7.11. The molecule has 2 aliphatic heterocycles. The zero-order valence-electron chi connectivity index (χ0n) is 11.9. The van der Waals surface area contributed by atoms with E-state index in [2.05, 4.69) is 9.88 Å². The van der Waals surface area contributed by atoms with Crippen LogP contribution in [0.5, 0.6) is 0 Å². The van der Waals surface area contributed by atoms with Crippen LogP contribution >= 0.6 is 11.3 Å². The molecule has 1 atom stereocenters. The van der Waals surface area contributed by atoms with Gasteiger partial charge in [0.2, 0.25) is 5.91 Å². The maximum absolute atomic E-state index is 12.5. The number of aromatic nitrogens is 1. The number of ether oxygens (including phenoxy) is 1. The SMILES string of the molecule is COCCN1CCCC2(C1)CN(Cc1cncs1)C2=O. The molecule has 20 heavy (non-hydrogen) atoms. The molecule has 0 aromatic carbocycles. The molecule has 3 rings (SSSR count). The van der Waals surface area contributed by atoms with Crippen LogP contribution in [0.1, 0.15) is 17.7 Å². The van der Waals surface area contributed by atoms with Crippen molar-refractivity contribution in [2.24, 2.45) is 5.41 Å². The van der Waals surface area contributed by atoms with Crippen molar-refractivity contribution in [1.29, 1.82) is 0 Å². The molecule has 1 aromatic heterocycles. The van der Waals surface area contributed by atoms with Gasteiger partial charge in [0.25, 0.3) is 0 Å².